The molecule has 3 heterocycles. The number of aromatic nitrogens is 3. The van der Waals surface area contributed by atoms with Gasteiger partial charge in [0.2, 0.25) is 0 Å². The van der Waals surface area contributed by atoms with Crippen molar-refractivity contribution in [1.82, 2.24) is 20.1 Å². The third kappa shape index (κ3) is 3.38. The number of aliphatic hydroxyl groups is 1. The first-order valence-corrected chi connectivity index (χ1v) is 8.76. The Hall–Kier alpha value is -2.57. The molecule has 1 saturated heterocycles. The average molecular weight is 352 g/mol. The maximum atomic E-state index is 13.2. The van der Waals surface area contributed by atoms with Crippen molar-refractivity contribution in [3.8, 4) is 11.3 Å². The van der Waals surface area contributed by atoms with Crippen LogP contribution in [0.4, 0.5) is 4.39 Å². The Bertz CT molecular complexity index is 850. The second-order valence-electron chi connectivity index (χ2n) is 6.80. The van der Waals surface area contributed by atoms with Crippen molar-refractivity contribution < 1.29 is 9.50 Å². The zero-order valence-corrected chi connectivity index (χ0v) is 14.3. The van der Waals surface area contributed by atoms with Crippen LogP contribution in [0.3, 0.4) is 0 Å². The van der Waals surface area contributed by atoms with Gasteiger partial charge in [0.15, 0.2) is 0 Å². The van der Waals surface area contributed by atoms with Crippen LogP contribution in [0.1, 0.15) is 17.0 Å². The summed E-state index contributed by atoms with van der Waals surface area (Å²) in [4.78, 5) is 6.42. The smallest absolute Gasteiger partial charge is 0.123 e. The number of hydrogen-bond donors (Lipinski definition) is 2. The number of benzene rings is 1. The number of aromatic amines is 1. The van der Waals surface area contributed by atoms with E-state index in [1.54, 1.807) is 24.5 Å². The molecule has 4 rings (SSSR count). The van der Waals surface area contributed by atoms with Gasteiger partial charge in [0.25, 0.3) is 0 Å². The molecule has 0 unspecified atom stereocenters. The predicted octanol–water partition coefficient (Wildman–Crippen LogP) is 2.82. The standard InChI is InChI=1S/C20H21FN4O/c21-18-3-1-15(2-4-18)20-16(9-23-24-20)10-25-11-17(13-26)19(12-25)14-5-7-22-8-6-14/h1-9,17,19,26H,10-13H2,(H,23,24)/t17-,19-/m0/s1. The summed E-state index contributed by atoms with van der Waals surface area (Å²) >= 11 is 0. The van der Waals surface area contributed by atoms with Crippen LogP contribution in [-0.4, -0.2) is 44.9 Å². The summed E-state index contributed by atoms with van der Waals surface area (Å²) in [5.74, 6) is 0.253. The monoisotopic (exact) mass is 352 g/mol. The number of nitrogens with one attached hydrogen (secondary N) is 1. The van der Waals surface area contributed by atoms with Gasteiger partial charge in [0.05, 0.1) is 11.9 Å². The van der Waals surface area contributed by atoms with Gasteiger partial charge in [-0.1, -0.05) is 0 Å². The molecular weight excluding hydrogens is 331 g/mol. The van der Waals surface area contributed by atoms with E-state index in [1.807, 2.05) is 18.3 Å². The first-order valence-electron chi connectivity index (χ1n) is 8.76. The van der Waals surface area contributed by atoms with Crippen molar-refractivity contribution >= 4 is 0 Å². The summed E-state index contributed by atoms with van der Waals surface area (Å²) in [6.45, 7) is 2.61. The first kappa shape index (κ1) is 16.9. The minimum absolute atomic E-state index is 0.166. The van der Waals surface area contributed by atoms with Crippen LogP contribution in [-0.2, 0) is 6.54 Å². The molecule has 3 aromatic rings. The lowest BCUT2D eigenvalue weighted by Crippen LogP contribution is -2.21. The number of H-pyrrole nitrogens is 1. The maximum Gasteiger partial charge on any atom is 0.123 e. The summed E-state index contributed by atoms with van der Waals surface area (Å²) in [7, 11) is 0. The normalized spacial score (nSPS) is 20.5. The highest BCUT2D eigenvalue weighted by molar-refractivity contribution is 5.62. The number of halogens is 1. The van der Waals surface area contributed by atoms with Crippen LogP contribution >= 0.6 is 0 Å². The van der Waals surface area contributed by atoms with E-state index in [0.29, 0.717) is 5.92 Å². The second-order valence-corrected chi connectivity index (χ2v) is 6.80. The summed E-state index contributed by atoms with van der Waals surface area (Å²) < 4.78 is 13.2. The first-order chi connectivity index (χ1) is 12.7. The van der Waals surface area contributed by atoms with E-state index in [0.717, 1.165) is 36.5 Å². The molecule has 134 valence electrons. The molecule has 5 nitrogen and oxygen atoms in total. The Kier molecular flexibility index (Phi) is 4.77. The maximum absolute atomic E-state index is 13.2. The molecule has 0 saturated carbocycles. The Morgan fingerprint density at radius 2 is 1.88 bits per heavy atom. The van der Waals surface area contributed by atoms with E-state index in [9.17, 15) is 9.50 Å². The molecule has 0 aliphatic carbocycles. The molecule has 26 heavy (non-hydrogen) atoms. The number of hydrogen-bond acceptors (Lipinski definition) is 4. The molecule has 0 bridgehead atoms. The predicted molar refractivity (Wildman–Crippen MR) is 96.8 cm³/mol. The van der Waals surface area contributed by atoms with Crippen LogP contribution in [0.25, 0.3) is 11.3 Å². The molecule has 1 aromatic carbocycles. The van der Waals surface area contributed by atoms with Crippen molar-refractivity contribution in [1.29, 1.82) is 0 Å². The summed E-state index contributed by atoms with van der Waals surface area (Å²) in [6.07, 6.45) is 5.43. The number of pyridine rings is 1. The highest BCUT2D eigenvalue weighted by atomic mass is 19.1. The molecule has 2 aromatic heterocycles. The Morgan fingerprint density at radius 1 is 1.12 bits per heavy atom. The zero-order valence-electron chi connectivity index (χ0n) is 14.3. The summed E-state index contributed by atoms with van der Waals surface area (Å²) in [5.41, 5.74) is 4.12. The lowest BCUT2D eigenvalue weighted by Gasteiger charge is -2.16. The van der Waals surface area contributed by atoms with E-state index >= 15 is 0 Å². The minimum atomic E-state index is -0.250. The molecule has 1 aliphatic heterocycles. The molecule has 6 heteroatoms. The SMILES string of the molecule is OC[C@@H]1CN(Cc2cn[nH]c2-c2ccc(F)cc2)C[C@H]1c1ccncc1. The van der Waals surface area contributed by atoms with Gasteiger partial charge in [-0.25, -0.2) is 4.39 Å². The quantitative estimate of drug-likeness (QED) is 0.741. The highest BCUT2D eigenvalue weighted by Gasteiger charge is 2.33. The zero-order chi connectivity index (χ0) is 17.9. The van der Waals surface area contributed by atoms with Crippen molar-refractivity contribution in [2.45, 2.75) is 12.5 Å². The van der Waals surface area contributed by atoms with E-state index in [1.165, 1.54) is 17.7 Å². The molecule has 2 atom stereocenters. The fraction of sp³-hybridized carbons (Fsp3) is 0.300. The van der Waals surface area contributed by atoms with Gasteiger partial charge < -0.3 is 5.11 Å². The highest BCUT2D eigenvalue weighted by Crippen LogP contribution is 2.34. The van der Waals surface area contributed by atoms with Crippen LogP contribution in [0, 0.1) is 11.7 Å². The fourth-order valence-electron chi connectivity index (χ4n) is 3.80. The summed E-state index contributed by atoms with van der Waals surface area (Å²) in [5, 5.41) is 17.0. The van der Waals surface area contributed by atoms with E-state index in [-0.39, 0.29) is 18.3 Å². The average Bonchev–Trinajstić information content (AvgIpc) is 3.30. The van der Waals surface area contributed by atoms with E-state index < -0.39 is 0 Å². The summed E-state index contributed by atoms with van der Waals surface area (Å²) in [6, 6.07) is 10.5. The Balaban J connectivity index is 1.52. The minimum Gasteiger partial charge on any atom is -0.396 e. The second kappa shape index (κ2) is 7.35. The van der Waals surface area contributed by atoms with Crippen LogP contribution in [0.5, 0.6) is 0 Å². The van der Waals surface area contributed by atoms with Crippen LogP contribution < -0.4 is 0 Å². The number of likely N-dealkylation sites (tertiary alicyclic amines) is 1. The number of rotatable bonds is 5. The molecule has 2 N–H and O–H groups in total. The van der Waals surface area contributed by atoms with Gasteiger partial charge in [-0.3, -0.25) is 15.0 Å². The fourth-order valence-corrected chi connectivity index (χ4v) is 3.80. The molecular formula is C20H21FN4O. The number of aliphatic hydroxyl groups excluding tert-OH is 1. The topological polar surface area (TPSA) is 65.0 Å². The molecule has 1 aliphatic rings. The van der Waals surface area contributed by atoms with Gasteiger partial charge in [-0.05, 0) is 42.0 Å². The van der Waals surface area contributed by atoms with Gasteiger partial charge in [-0.2, -0.15) is 5.10 Å². The molecule has 1 fully saturated rings. The van der Waals surface area contributed by atoms with Gasteiger partial charge >= 0.3 is 0 Å². The van der Waals surface area contributed by atoms with Crippen LogP contribution in [0.2, 0.25) is 0 Å². The lowest BCUT2D eigenvalue weighted by molar-refractivity contribution is 0.214. The van der Waals surface area contributed by atoms with Crippen molar-refractivity contribution in [2.75, 3.05) is 19.7 Å². The molecule has 0 spiro atoms. The largest absolute Gasteiger partial charge is 0.396 e. The van der Waals surface area contributed by atoms with Gasteiger partial charge in [0, 0.05) is 61.6 Å². The third-order valence-electron chi connectivity index (χ3n) is 5.13. The van der Waals surface area contributed by atoms with E-state index in [2.05, 4.69) is 20.1 Å². The van der Waals surface area contributed by atoms with Gasteiger partial charge in [-0.15, -0.1) is 0 Å². The third-order valence-corrected chi connectivity index (χ3v) is 5.13. The molecule has 0 amide bonds. The van der Waals surface area contributed by atoms with Gasteiger partial charge in [0.1, 0.15) is 5.82 Å². The van der Waals surface area contributed by atoms with E-state index in [4.69, 9.17) is 0 Å². The Morgan fingerprint density at radius 3 is 2.62 bits per heavy atom. The molecule has 0 radical (unpaired) electrons. The van der Waals surface area contributed by atoms with Crippen molar-refractivity contribution in [3.63, 3.8) is 0 Å². The van der Waals surface area contributed by atoms with Crippen molar-refractivity contribution in [2.24, 2.45) is 5.92 Å². The Labute approximate surface area is 151 Å². The lowest BCUT2D eigenvalue weighted by atomic mass is 9.90. The van der Waals surface area contributed by atoms with Crippen LogP contribution in [0.15, 0.2) is 55.0 Å². The number of nitrogens with zero attached hydrogens (tertiary/aromatic N) is 3. The van der Waals surface area contributed by atoms with Crippen molar-refractivity contribution in [3.05, 3.63) is 71.9 Å².